The Balaban J connectivity index is 2.33. The Hall–Kier alpha value is -1.67. The van der Waals surface area contributed by atoms with Crippen LogP contribution in [0, 0.1) is 0 Å². The van der Waals surface area contributed by atoms with E-state index in [1.807, 2.05) is 0 Å². The lowest BCUT2D eigenvalue weighted by Gasteiger charge is -2.03. The van der Waals surface area contributed by atoms with Gasteiger partial charge in [0.1, 0.15) is 5.69 Å². The minimum atomic E-state index is -0.613. The Morgan fingerprint density at radius 3 is 2.71 bits per heavy atom. The summed E-state index contributed by atoms with van der Waals surface area (Å²) in [4.78, 5) is 26.1. The van der Waals surface area contributed by atoms with Gasteiger partial charge in [-0.2, -0.15) is 0 Å². The first kappa shape index (κ1) is 13.4. The molecule has 0 aliphatic heterocycles. The van der Waals surface area contributed by atoms with Gasteiger partial charge in [0.05, 0.1) is 5.01 Å². The molecule has 1 aromatic heterocycles. The molecule has 0 saturated carbocycles. The molecule has 0 aromatic carbocycles. The summed E-state index contributed by atoms with van der Waals surface area (Å²) in [5.41, 5.74) is 10.6. The van der Waals surface area contributed by atoms with Gasteiger partial charge >= 0.3 is 6.03 Å². The van der Waals surface area contributed by atoms with E-state index >= 15 is 0 Å². The van der Waals surface area contributed by atoms with Crippen molar-refractivity contribution in [3.63, 3.8) is 0 Å². The zero-order chi connectivity index (χ0) is 12.7. The van der Waals surface area contributed by atoms with E-state index in [1.54, 1.807) is 5.38 Å². The van der Waals surface area contributed by atoms with Gasteiger partial charge in [0, 0.05) is 24.9 Å². The van der Waals surface area contributed by atoms with Crippen LogP contribution < -0.4 is 22.1 Å². The fourth-order valence-electron chi connectivity index (χ4n) is 1.11. The number of primary amides is 1. The number of hydrogen-bond donors (Lipinski definition) is 4. The van der Waals surface area contributed by atoms with E-state index in [9.17, 15) is 9.59 Å². The lowest BCUT2D eigenvalue weighted by molar-refractivity contribution is 0.0949. The predicted octanol–water partition coefficient (Wildman–Crippen LogP) is -0.958. The third-order valence-electron chi connectivity index (χ3n) is 1.85. The van der Waals surface area contributed by atoms with Crippen molar-refractivity contribution in [3.8, 4) is 0 Å². The first-order valence-electron chi connectivity index (χ1n) is 5.09. The fraction of sp³-hybridized carbons (Fsp3) is 0.444. The van der Waals surface area contributed by atoms with Gasteiger partial charge in [-0.25, -0.2) is 9.78 Å². The van der Waals surface area contributed by atoms with E-state index in [1.165, 1.54) is 11.3 Å². The molecule has 0 aliphatic carbocycles. The lowest BCUT2D eigenvalue weighted by atomic mass is 10.4. The van der Waals surface area contributed by atoms with Crippen LogP contribution in [0.15, 0.2) is 5.38 Å². The Labute approximate surface area is 103 Å². The van der Waals surface area contributed by atoms with E-state index in [0.29, 0.717) is 31.7 Å². The summed E-state index contributed by atoms with van der Waals surface area (Å²) >= 11 is 1.40. The summed E-state index contributed by atoms with van der Waals surface area (Å²) in [6, 6.07) is -0.613. The molecule has 0 spiro atoms. The highest BCUT2D eigenvalue weighted by Crippen LogP contribution is 2.09. The molecule has 6 N–H and O–H groups in total. The number of nitrogens with zero attached hydrogens (tertiary/aromatic N) is 1. The van der Waals surface area contributed by atoms with Gasteiger partial charge in [0.2, 0.25) is 0 Å². The monoisotopic (exact) mass is 257 g/mol. The van der Waals surface area contributed by atoms with Crippen molar-refractivity contribution in [3.05, 3.63) is 16.1 Å². The molecular weight excluding hydrogens is 242 g/mol. The predicted molar refractivity (Wildman–Crippen MR) is 64.8 cm³/mol. The van der Waals surface area contributed by atoms with Crippen LogP contribution in [0.25, 0.3) is 0 Å². The summed E-state index contributed by atoms with van der Waals surface area (Å²) in [7, 11) is 0. The Morgan fingerprint density at radius 1 is 1.35 bits per heavy atom. The number of urea groups is 1. The number of carbonyl (C=O) groups excluding carboxylic acids is 2. The maximum Gasteiger partial charge on any atom is 0.312 e. The molecule has 8 heteroatoms. The summed E-state index contributed by atoms with van der Waals surface area (Å²) in [6.45, 7) is 1.11. The molecule has 0 unspecified atom stereocenters. The standard InChI is InChI=1S/C9H15N5O2S/c10-2-1-7-14-6(5-17-7)8(15)12-3-4-13-9(11)16/h5H,1-4,10H2,(H,12,15)(H3,11,13,16). The van der Waals surface area contributed by atoms with E-state index in [4.69, 9.17) is 11.5 Å². The zero-order valence-electron chi connectivity index (χ0n) is 9.23. The van der Waals surface area contributed by atoms with Gasteiger partial charge in [-0.1, -0.05) is 0 Å². The topological polar surface area (TPSA) is 123 Å². The molecule has 1 aromatic rings. The zero-order valence-corrected chi connectivity index (χ0v) is 10.0. The second-order valence-electron chi connectivity index (χ2n) is 3.21. The van der Waals surface area contributed by atoms with Gasteiger partial charge in [-0.15, -0.1) is 11.3 Å². The molecule has 0 atom stereocenters. The average Bonchev–Trinajstić information content (AvgIpc) is 2.73. The van der Waals surface area contributed by atoms with Crippen LogP contribution in [-0.4, -0.2) is 36.6 Å². The summed E-state index contributed by atoms with van der Waals surface area (Å²) in [5.74, 6) is -0.268. The largest absolute Gasteiger partial charge is 0.352 e. The van der Waals surface area contributed by atoms with Crippen LogP contribution >= 0.6 is 11.3 Å². The molecule has 17 heavy (non-hydrogen) atoms. The van der Waals surface area contributed by atoms with Crippen LogP contribution in [-0.2, 0) is 6.42 Å². The maximum atomic E-state index is 11.6. The van der Waals surface area contributed by atoms with Gasteiger partial charge < -0.3 is 22.1 Å². The van der Waals surface area contributed by atoms with Crippen LogP contribution in [0.2, 0.25) is 0 Å². The van der Waals surface area contributed by atoms with Crippen LogP contribution in [0.5, 0.6) is 0 Å². The summed E-state index contributed by atoms with van der Waals surface area (Å²) in [6.07, 6.45) is 0.668. The highest BCUT2D eigenvalue weighted by atomic mass is 32.1. The van der Waals surface area contributed by atoms with Crippen molar-refractivity contribution in [1.82, 2.24) is 15.6 Å². The quantitative estimate of drug-likeness (QED) is 0.490. The molecule has 0 fully saturated rings. The van der Waals surface area contributed by atoms with Crippen molar-refractivity contribution in [2.45, 2.75) is 6.42 Å². The van der Waals surface area contributed by atoms with Gasteiger partial charge in [0.25, 0.3) is 5.91 Å². The number of nitrogens with one attached hydrogen (secondary N) is 2. The highest BCUT2D eigenvalue weighted by Gasteiger charge is 2.09. The maximum absolute atomic E-state index is 11.6. The van der Waals surface area contributed by atoms with Gasteiger partial charge in [-0.05, 0) is 6.54 Å². The molecule has 0 saturated heterocycles. The molecule has 1 heterocycles. The van der Waals surface area contributed by atoms with Crippen molar-refractivity contribution < 1.29 is 9.59 Å². The Morgan fingerprint density at radius 2 is 2.06 bits per heavy atom. The molecular formula is C9H15N5O2S. The summed E-state index contributed by atoms with van der Waals surface area (Å²) in [5, 5.41) is 7.50. The number of carbonyl (C=O) groups is 2. The molecule has 0 aliphatic rings. The third-order valence-corrected chi connectivity index (χ3v) is 2.76. The van der Waals surface area contributed by atoms with Gasteiger partial charge in [-0.3, -0.25) is 4.79 Å². The number of nitrogens with two attached hydrogens (primary N) is 2. The Kier molecular flexibility index (Phi) is 5.37. The van der Waals surface area contributed by atoms with E-state index in [-0.39, 0.29) is 5.91 Å². The minimum absolute atomic E-state index is 0.268. The van der Waals surface area contributed by atoms with E-state index in [2.05, 4.69) is 15.6 Å². The fourth-order valence-corrected chi connectivity index (χ4v) is 1.90. The molecule has 1 rings (SSSR count). The SMILES string of the molecule is NCCc1nc(C(=O)NCCNC(N)=O)cs1. The van der Waals surface area contributed by atoms with Crippen molar-refractivity contribution in [2.24, 2.45) is 11.5 Å². The smallest absolute Gasteiger partial charge is 0.312 e. The molecule has 0 bridgehead atoms. The minimum Gasteiger partial charge on any atom is -0.352 e. The normalized spacial score (nSPS) is 9.94. The van der Waals surface area contributed by atoms with E-state index < -0.39 is 6.03 Å². The first-order chi connectivity index (χ1) is 8.13. The molecule has 7 nitrogen and oxygen atoms in total. The van der Waals surface area contributed by atoms with Crippen LogP contribution in [0.3, 0.4) is 0 Å². The van der Waals surface area contributed by atoms with Crippen molar-refractivity contribution >= 4 is 23.3 Å². The number of hydrogen-bond acceptors (Lipinski definition) is 5. The van der Waals surface area contributed by atoms with Crippen LogP contribution in [0.1, 0.15) is 15.5 Å². The Bertz CT molecular complexity index is 392. The molecule has 0 radical (unpaired) electrons. The van der Waals surface area contributed by atoms with Gasteiger partial charge in [0.15, 0.2) is 0 Å². The molecule has 94 valence electrons. The highest BCUT2D eigenvalue weighted by molar-refractivity contribution is 7.09. The lowest BCUT2D eigenvalue weighted by Crippen LogP contribution is -2.37. The van der Waals surface area contributed by atoms with E-state index in [0.717, 1.165) is 5.01 Å². The first-order valence-corrected chi connectivity index (χ1v) is 5.97. The average molecular weight is 257 g/mol. The van der Waals surface area contributed by atoms with Crippen molar-refractivity contribution in [1.29, 1.82) is 0 Å². The second-order valence-corrected chi connectivity index (χ2v) is 4.15. The number of thiazole rings is 1. The third kappa shape index (κ3) is 4.79. The van der Waals surface area contributed by atoms with Crippen LogP contribution in [0.4, 0.5) is 4.79 Å². The van der Waals surface area contributed by atoms with Crippen molar-refractivity contribution in [2.75, 3.05) is 19.6 Å². The molecule has 3 amide bonds. The number of amides is 3. The summed E-state index contributed by atoms with van der Waals surface area (Å²) < 4.78 is 0. The second kappa shape index (κ2) is 6.81. The number of rotatable bonds is 6. The number of aromatic nitrogens is 1.